The highest BCUT2D eigenvalue weighted by Gasteiger charge is 2.58. The standard InChI is InChI=1S/C23H20O5.C16H14O2.C7H8O3.C7H6O3/c1-26-14-8-9-15(27-2)21-18-12-7-5-4-6-11(12)17(20(14)21)19-13(24)10-16(28-3)23(25)22(18)19;1-17-15-7-8-16(18-2)14-10-12-6-4-3-5-11(12)9-13(14)15;2*1-10-7-4-5(8)2-3-6(7)9/h4-10,17-19,22H,1-3H3;3-10H,1-2H3;2-4,8-9H,1H3;2-4H,1H3. The van der Waals surface area contributed by atoms with E-state index in [2.05, 4.69) is 35.1 Å². The lowest BCUT2D eigenvalue weighted by atomic mass is 9.51. The molecule has 0 aliphatic heterocycles. The van der Waals surface area contributed by atoms with Crippen LogP contribution in [0.4, 0.5) is 0 Å². The van der Waals surface area contributed by atoms with Gasteiger partial charge >= 0.3 is 0 Å². The Morgan fingerprint density at radius 1 is 0.455 bits per heavy atom. The maximum atomic E-state index is 13.3. The quantitative estimate of drug-likeness (QED) is 0.0888. The van der Waals surface area contributed by atoms with Crippen molar-refractivity contribution in [3.8, 4) is 40.2 Å². The summed E-state index contributed by atoms with van der Waals surface area (Å²) in [5.74, 6) is 1.66. The molecule has 338 valence electrons. The van der Waals surface area contributed by atoms with Crippen molar-refractivity contribution in [1.82, 2.24) is 0 Å². The van der Waals surface area contributed by atoms with Crippen molar-refractivity contribution in [3.05, 3.63) is 161 Å². The fourth-order valence-corrected chi connectivity index (χ4v) is 9.07. The first-order valence-electron chi connectivity index (χ1n) is 20.7. The van der Waals surface area contributed by atoms with Crippen LogP contribution in [-0.4, -0.2) is 83.1 Å². The fraction of sp³-hybridized carbons (Fsp3) is 0.208. The third kappa shape index (κ3) is 8.62. The summed E-state index contributed by atoms with van der Waals surface area (Å²) in [6.07, 6.45) is 4.94. The highest BCUT2D eigenvalue weighted by Crippen LogP contribution is 2.63. The number of methoxy groups -OCH3 is 7. The molecule has 11 rings (SSSR count). The summed E-state index contributed by atoms with van der Waals surface area (Å²) >= 11 is 0. The number of phenolic OH excluding ortho intramolecular Hbond substituents is 2. The summed E-state index contributed by atoms with van der Waals surface area (Å²) in [6.45, 7) is 0. The molecule has 0 saturated carbocycles. The van der Waals surface area contributed by atoms with Crippen LogP contribution >= 0.6 is 0 Å². The Morgan fingerprint density at radius 2 is 0.939 bits per heavy atom. The van der Waals surface area contributed by atoms with Gasteiger partial charge in [0, 0.05) is 63.8 Å². The van der Waals surface area contributed by atoms with Crippen LogP contribution < -0.4 is 23.7 Å². The molecule has 6 aromatic carbocycles. The van der Waals surface area contributed by atoms with Crippen molar-refractivity contribution in [1.29, 1.82) is 0 Å². The van der Waals surface area contributed by atoms with E-state index in [9.17, 15) is 19.2 Å². The normalized spacial score (nSPS) is 18.3. The average molecular weight is 893 g/mol. The van der Waals surface area contributed by atoms with E-state index >= 15 is 0 Å². The van der Waals surface area contributed by atoms with Crippen LogP contribution in [0.1, 0.15) is 34.1 Å². The zero-order chi connectivity index (χ0) is 47.2. The van der Waals surface area contributed by atoms with Gasteiger partial charge < -0.3 is 43.4 Å². The summed E-state index contributed by atoms with van der Waals surface area (Å²) in [4.78, 5) is 47.7. The molecular weight excluding hydrogens is 845 g/mol. The van der Waals surface area contributed by atoms with Crippen LogP contribution in [0.5, 0.6) is 40.2 Å². The molecule has 5 aliphatic rings. The van der Waals surface area contributed by atoms with Crippen LogP contribution in [0.15, 0.2) is 139 Å². The third-order valence-corrected chi connectivity index (χ3v) is 11.9. The zero-order valence-corrected chi connectivity index (χ0v) is 37.3. The van der Waals surface area contributed by atoms with Crippen LogP contribution in [-0.2, 0) is 28.7 Å². The second kappa shape index (κ2) is 19.8. The van der Waals surface area contributed by atoms with Gasteiger partial charge in [0.1, 0.15) is 28.7 Å². The topological polar surface area (TPSA) is 173 Å². The van der Waals surface area contributed by atoms with E-state index in [1.54, 1.807) is 28.4 Å². The lowest BCUT2D eigenvalue weighted by Crippen LogP contribution is -2.49. The number of hydrogen-bond donors (Lipinski definition) is 2. The number of fused-ring (bicyclic) bond motifs is 2. The third-order valence-electron chi connectivity index (χ3n) is 11.9. The molecule has 0 amide bonds. The van der Waals surface area contributed by atoms with Crippen molar-refractivity contribution < 1.29 is 62.5 Å². The van der Waals surface area contributed by atoms with Gasteiger partial charge in [-0.1, -0.05) is 48.5 Å². The first kappa shape index (κ1) is 45.9. The summed E-state index contributed by atoms with van der Waals surface area (Å²) in [7, 11) is 10.9. The first-order chi connectivity index (χ1) is 31.9. The van der Waals surface area contributed by atoms with Gasteiger partial charge in [-0.05, 0) is 82.6 Å². The van der Waals surface area contributed by atoms with Crippen molar-refractivity contribution in [2.75, 3.05) is 49.8 Å². The van der Waals surface area contributed by atoms with Crippen molar-refractivity contribution in [3.63, 3.8) is 0 Å². The second-order valence-corrected chi connectivity index (χ2v) is 15.3. The molecule has 4 atom stereocenters. The summed E-state index contributed by atoms with van der Waals surface area (Å²) in [6, 6.07) is 32.4. The Balaban J connectivity index is 0.000000145. The highest BCUT2D eigenvalue weighted by atomic mass is 16.5. The molecule has 0 spiro atoms. The highest BCUT2D eigenvalue weighted by molar-refractivity contribution is 6.16. The largest absolute Gasteiger partial charge is 0.508 e. The summed E-state index contributed by atoms with van der Waals surface area (Å²) in [5.41, 5.74) is 4.07. The minimum absolute atomic E-state index is 0.0281. The predicted octanol–water partition coefficient (Wildman–Crippen LogP) is 8.55. The number of carbonyl (C=O) groups excluding carboxylic acids is 4. The Labute approximate surface area is 381 Å². The van der Waals surface area contributed by atoms with Gasteiger partial charge in [-0.25, -0.2) is 0 Å². The number of aromatic hydroxyl groups is 2. The van der Waals surface area contributed by atoms with E-state index < -0.39 is 11.8 Å². The minimum Gasteiger partial charge on any atom is -0.508 e. The van der Waals surface area contributed by atoms with Crippen LogP contribution in [0.2, 0.25) is 0 Å². The van der Waals surface area contributed by atoms with E-state index in [1.807, 2.05) is 54.6 Å². The second-order valence-electron chi connectivity index (χ2n) is 15.3. The molecule has 0 fully saturated rings. The molecular formula is C53H48O13. The molecule has 4 unspecified atom stereocenters. The molecule has 6 aromatic rings. The first-order valence-corrected chi connectivity index (χ1v) is 20.7. The lowest BCUT2D eigenvalue weighted by molar-refractivity contribution is -0.134. The molecule has 13 heteroatoms. The molecule has 0 saturated heterocycles. The van der Waals surface area contributed by atoms with Crippen molar-refractivity contribution in [2.24, 2.45) is 11.8 Å². The molecule has 13 nitrogen and oxygen atoms in total. The van der Waals surface area contributed by atoms with Gasteiger partial charge in [0.05, 0.1) is 49.8 Å². The number of phenols is 2. The summed E-state index contributed by atoms with van der Waals surface area (Å²) in [5, 5.41) is 22.4. The van der Waals surface area contributed by atoms with Gasteiger partial charge in [0.2, 0.25) is 11.6 Å². The van der Waals surface area contributed by atoms with Crippen LogP contribution in [0.25, 0.3) is 21.5 Å². The van der Waals surface area contributed by atoms with E-state index in [-0.39, 0.29) is 63.7 Å². The predicted molar refractivity (Wildman–Crippen MR) is 247 cm³/mol. The molecule has 0 radical (unpaired) electrons. The van der Waals surface area contributed by atoms with Gasteiger partial charge in [-0.2, -0.15) is 0 Å². The number of ketones is 4. The number of allylic oxidation sites excluding steroid dienone is 5. The Kier molecular flexibility index (Phi) is 13.8. The molecule has 0 heterocycles. The van der Waals surface area contributed by atoms with Crippen molar-refractivity contribution >= 4 is 44.7 Å². The van der Waals surface area contributed by atoms with Crippen LogP contribution in [0.3, 0.4) is 0 Å². The Bertz CT molecular complexity index is 2900. The number of benzene rings is 6. The lowest BCUT2D eigenvalue weighted by Gasteiger charge is -2.50. The van der Waals surface area contributed by atoms with Gasteiger partial charge in [-0.15, -0.1) is 0 Å². The Morgan fingerprint density at radius 3 is 1.41 bits per heavy atom. The maximum Gasteiger partial charge on any atom is 0.220 e. The van der Waals surface area contributed by atoms with Gasteiger partial charge in [0.15, 0.2) is 34.6 Å². The van der Waals surface area contributed by atoms with Crippen LogP contribution in [0, 0.1) is 11.8 Å². The molecule has 5 aliphatic carbocycles. The van der Waals surface area contributed by atoms with E-state index in [0.29, 0.717) is 5.75 Å². The number of ether oxygens (including phenoxy) is 7. The minimum atomic E-state index is -0.499. The van der Waals surface area contributed by atoms with Gasteiger partial charge in [-0.3, -0.25) is 19.2 Å². The van der Waals surface area contributed by atoms with Gasteiger partial charge in [0.25, 0.3) is 0 Å². The SMILES string of the molecule is COC1=CC(=O)C2C3c4ccccc4C(c4c(OC)ccc(OC)c43)C2C1=O.COC1=CC(=O)C=CC1=O.COc1cc(O)ccc1O.COc1ccc(OC)c2cc3ccccc3cc12. The molecule has 66 heavy (non-hydrogen) atoms. The van der Waals surface area contributed by atoms with E-state index in [1.165, 1.54) is 74.6 Å². The monoisotopic (exact) mass is 892 g/mol. The number of carbonyl (C=O) groups is 4. The fourth-order valence-electron chi connectivity index (χ4n) is 9.07. The molecule has 0 aromatic heterocycles. The zero-order valence-electron chi connectivity index (χ0n) is 37.3. The maximum absolute atomic E-state index is 13.3. The number of rotatable bonds is 7. The van der Waals surface area contributed by atoms with E-state index in [0.717, 1.165) is 50.3 Å². The number of hydrogen-bond acceptors (Lipinski definition) is 13. The smallest absolute Gasteiger partial charge is 0.220 e. The average Bonchev–Trinajstić information content (AvgIpc) is 3.35. The molecule has 2 bridgehead atoms. The Hall–Kier alpha value is -8.06. The van der Waals surface area contributed by atoms with E-state index in [4.69, 9.17) is 38.6 Å². The van der Waals surface area contributed by atoms with Crippen molar-refractivity contribution in [2.45, 2.75) is 11.8 Å². The molecule has 2 N–H and O–H groups in total. The number of Topliss-reactive ketones (excluding diaryl/α,β-unsaturated/α-hetero) is 1. The summed E-state index contributed by atoms with van der Waals surface area (Å²) < 4.78 is 36.8.